The van der Waals surface area contributed by atoms with Gasteiger partial charge in [0.05, 0.1) is 13.2 Å². The summed E-state index contributed by atoms with van der Waals surface area (Å²) in [4.78, 5) is 24.7. The summed E-state index contributed by atoms with van der Waals surface area (Å²) >= 11 is 0. The first-order valence-corrected chi connectivity index (χ1v) is 5.30. The van der Waals surface area contributed by atoms with Gasteiger partial charge in [-0.15, -0.1) is 0 Å². The van der Waals surface area contributed by atoms with E-state index in [1.165, 1.54) is 6.20 Å². The number of hydrogen-bond acceptors (Lipinski definition) is 3. The Labute approximate surface area is 100 Å². The van der Waals surface area contributed by atoms with E-state index in [-0.39, 0.29) is 13.2 Å². The van der Waals surface area contributed by atoms with Crippen molar-refractivity contribution < 1.29 is 17.9 Å². The van der Waals surface area contributed by atoms with Crippen molar-refractivity contribution in [2.45, 2.75) is 26.1 Å². The predicted molar refractivity (Wildman–Crippen MR) is 57.6 cm³/mol. The Bertz CT molecular complexity index is 504. The summed E-state index contributed by atoms with van der Waals surface area (Å²) in [6, 6.07) is 0. The molecule has 0 aliphatic rings. The number of aryl methyl sites for hydroxylation is 1. The molecule has 0 aliphatic carbocycles. The quantitative estimate of drug-likeness (QED) is 0.797. The van der Waals surface area contributed by atoms with Gasteiger partial charge in [-0.2, -0.15) is 13.2 Å². The van der Waals surface area contributed by atoms with Gasteiger partial charge in [-0.3, -0.25) is 14.3 Å². The van der Waals surface area contributed by atoms with Gasteiger partial charge in [-0.1, -0.05) is 6.92 Å². The highest BCUT2D eigenvalue weighted by atomic mass is 19.4. The van der Waals surface area contributed by atoms with Gasteiger partial charge in [0, 0.05) is 11.8 Å². The zero-order valence-electron chi connectivity index (χ0n) is 9.71. The molecule has 1 rings (SSSR count). The fourth-order valence-electron chi connectivity index (χ4n) is 1.32. The van der Waals surface area contributed by atoms with Gasteiger partial charge < -0.3 is 4.74 Å². The van der Waals surface area contributed by atoms with Crippen LogP contribution in [0.3, 0.4) is 0 Å². The molecular weight excluding hydrogens is 253 g/mol. The summed E-state index contributed by atoms with van der Waals surface area (Å²) < 4.78 is 40.9. The summed E-state index contributed by atoms with van der Waals surface area (Å²) in [6.45, 7) is 0.0819. The van der Waals surface area contributed by atoms with Gasteiger partial charge in [0.15, 0.2) is 0 Å². The van der Waals surface area contributed by atoms with E-state index < -0.39 is 24.0 Å². The molecule has 5 nitrogen and oxygen atoms in total. The topological polar surface area (TPSA) is 64.1 Å². The van der Waals surface area contributed by atoms with Crippen LogP contribution in [-0.4, -0.2) is 28.9 Å². The Morgan fingerprint density at radius 3 is 2.61 bits per heavy atom. The molecule has 0 saturated heterocycles. The summed E-state index contributed by atoms with van der Waals surface area (Å²) in [7, 11) is 0. The standard InChI is InChI=1S/C10H13F3N2O3/c1-2-7-5-15(9(17)14-8(7)16)3-4-18-6-10(11,12)13/h5H,2-4,6H2,1H3,(H,14,16,17). The summed E-state index contributed by atoms with van der Waals surface area (Å²) in [6.07, 6.45) is -2.62. The van der Waals surface area contributed by atoms with E-state index in [1.54, 1.807) is 6.92 Å². The Balaban J connectivity index is 2.63. The molecule has 0 atom stereocenters. The number of aromatic amines is 1. The summed E-state index contributed by atoms with van der Waals surface area (Å²) in [5, 5.41) is 0. The number of nitrogens with zero attached hydrogens (tertiary/aromatic N) is 1. The third kappa shape index (κ3) is 4.36. The summed E-state index contributed by atoms with van der Waals surface area (Å²) in [5.41, 5.74) is -0.742. The second-order valence-electron chi connectivity index (χ2n) is 3.63. The normalized spacial score (nSPS) is 11.8. The molecule has 1 aromatic heterocycles. The molecule has 0 amide bonds. The van der Waals surface area contributed by atoms with E-state index in [2.05, 4.69) is 9.72 Å². The van der Waals surface area contributed by atoms with Crippen LogP contribution in [0.25, 0.3) is 0 Å². The van der Waals surface area contributed by atoms with Gasteiger partial charge in [-0.05, 0) is 6.42 Å². The number of ether oxygens (including phenoxy) is 1. The number of hydrogen-bond donors (Lipinski definition) is 1. The molecule has 18 heavy (non-hydrogen) atoms. The molecule has 8 heteroatoms. The van der Waals surface area contributed by atoms with Crippen LogP contribution in [0.5, 0.6) is 0 Å². The van der Waals surface area contributed by atoms with Gasteiger partial charge in [0.25, 0.3) is 5.56 Å². The molecule has 0 unspecified atom stereocenters. The smallest absolute Gasteiger partial charge is 0.370 e. The average molecular weight is 266 g/mol. The second-order valence-corrected chi connectivity index (χ2v) is 3.63. The van der Waals surface area contributed by atoms with Crippen molar-refractivity contribution in [3.63, 3.8) is 0 Å². The highest BCUT2D eigenvalue weighted by Gasteiger charge is 2.27. The highest BCUT2D eigenvalue weighted by molar-refractivity contribution is 5.03. The molecule has 102 valence electrons. The Morgan fingerprint density at radius 1 is 1.39 bits per heavy atom. The zero-order chi connectivity index (χ0) is 13.8. The number of alkyl halides is 3. The molecule has 0 aliphatic heterocycles. The van der Waals surface area contributed by atoms with E-state index in [1.807, 2.05) is 0 Å². The Hall–Kier alpha value is -1.57. The molecule has 0 saturated carbocycles. The van der Waals surface area contributed by atoms with Crippen LogP contribution in [-0.2, 0) is 17.7 Å². The van der Waals surface area contributed by atoms with Crippen molar-refractivity contribution in [2.75, 3.05) is 13.2 Å². The highest BCUT2D eigenvalue weighted by Crippen LogP contribution is 2.14. The van der Waals surface area contributed by atoms with Crippen molar-refractivity contribution in [3.05, 3.63) is 32.6 Å². The first kappa shape index (κ1) is 14.5. The third-order valence-corrected chi connectivity index (χ3v) is 2.21. The van der Waals surface area contributed by atoms with Gasteiger partial charge in [0.1, 0.15) is 6.61 Å². The molecule has 0 aromatic carbocycles. The minimum atomic E-state index is -4.38. The van der Waals surface area contributed by atoms with Gasteiger partial charge in [-0.25, -0.2) is 4.79 Å². The van der Waals surface area contributed by atoms with E-state index in [0.29, 0.717) is 12.0 Å². The third-order valence-electron chi connectivity index (χ3n) is 2.21. The predicted octanol–water partition coefficient (Wildman–Crippen LogP) is 0.678. The maximum absolute atomic E-state index is 11.8. The lowest BCUT2D eigenvalue weighted by atomic mass is 10.3. The van der Waals surface area contributed by atoms with Crippen LogP contribution < -0.4 is 11.2 Å². The Morgan fingerprint density at radius 2 is 2.06 bits per heavy atom. The van der Waals surface area contributed by atoms with Crippen LogP contribution in [0.2, 0.25) is 0 Å². The van der Waals surface area contributed by atoms with Crippen molar-refractivity contribution >= 4 is 0 Å². The maximum Gasteiger partial charge on any atom is 0.411 e. The van der Waals surface area contributed by atoms with Crippen molar-refractivity contribution in [1.82, 2.24) is 9.55 Å². The summed E-state index contributed by atoms with van der Waals surface area (Å²) in [5.74, 6) is 0. The molecule has 0 fully saturated rings. The monoisotopic (exact) mass is 266 g/mol. The van der Waals surface area contributed by atoms with E-state index in [4.69, 9.17) is 0 Å². The molecular formula is C10H13F3N2O3. The van der Waals surface area contributed by atoms with Crippen LogP contribution >= 0.6 is 0 Å². The molecule has 0 radical (unpaired) electrons. The van der Waals surface area contributed by atoms with E-state index >= 15 is 0 Å². The molecule has 1 aromatic rings. The minimum Gasteiger partial charge on any atom is -0.370 e. The lowest BCUT2D eigenvalue weighted by molar-refractivity contribution is -0.174. The molecule has 0 spiro atoms. The zero-order valence-corrected chi connectivity index (χ0v) is 9.71. The van der Waals surface area contributed by atoms with Crippen LogP contribution in [0, 0.1) is 0 Å². The van der Waals surface area contributed by atoms with Crippen molar-refractivity contribution in [1.29, 1.82) is 0 Å². The number of rotatable bonds is 5. The fraction of sp³-hybridized carbons (Fsp3) is 0.600. The van der Waals surface area contributed by atoms with Gasteiger partial charge >= 0.3 is 11.9 Å². The first-order valence-electron chi connectivity index (χ1n) is 5.30. The number of nitrogens with one attached hydrogen (secondary N) is 1. The molecule has 1 N–H and O–H groups in total. The number of aromatic nitrogens is 2. The second kappa shape index (κ2) is 5.85. The first-order chi connectivity index (χ1) is 8.33. The van der Waals surface area contributed by atoms with Crippen molar-refractivity contribution in [3.8, 4) is 0 Å². The van der Waals surface area contributed by atoms with Crippen LogP contribution in [0.15, 0.2) is 15.8 Å². The minimum absolute atomic E-state index is 0.0430. The van der Waals surface area contributed by atoms with Crippen molar-refractivity contribution in [2.24, 2.45) is 0 Å². The van der Waals surface area contributed by atoms with E-state index in [9.17, 15) is 22.8 Å². The lowest BCUT2D eigenvalue weighted by Gasteiger charge is -2.09. The SMILES string of the molecule is CCc1cn(CCOCC(F)(F)F)c(=O)[nH]c1=O. The largest absolute Gasteiger partial charge is 0.411 e. The van der Waals surface area contributed by atoms with Gasteiger partial charge in [0.2, 0.25) is 0 Å². The van der Waals surface area contributed by atoms with Crippen LogP contribution in [0.4, 0.5) is 13.2 Å². The average Bonchev–Trinajstić information content (AvgIpc) is 2.25. The van der Waals surface area contributed by atoms with Crippen LogP contribution in [0.1, 0.15) is 12.5 Å². The molecule has 0 bridgehead atoms. The Kier molecular flexibility index (Phi) is 4.71. The number of halogens is 3. The molecule has 1 heterocycles. The van der Waals surface area contributed by atoms with E-state index in [0.717, 1.165) is 4.57 Å². The number of H-pyrrole nitrogens is 1. The lowest BCUT2D eigenvalue weighted by Crippen LogP contribution is -2.33. The maximum atomic E-state index is 11.8. The fourth-order valence-corrected chi connectivity index (χ4v) is 1.32.